The summed E-state index contributed by atoms with van der Waals surface area (Å²) < 4.78 is 6.72. The molecule has 0 atom stereocenters. The topological polar surface area (TPSA) is 28.3 Å². The minimum absolute atomic E-state index is 0.560. The van der Waals surface area contributed by atoms with E-state index in [0.29, 0.717) is 0 Å². The van der Waals surface area contributed by atoms with E-state index in [1.54, 1.807) is 0 Å². The molecule has 0 saturated carbocycles. The molecule has 3 heterocycles. The number of para-hydroxylation sites is 5. The molecule has 1 spiro atoms. The second-order valence-electron chi connectivity index (χ2n) is 10.6. The first-order valence-corrected chi connectivity index (χ1v) is 13.7. The second kappa shape index (κ2) is 7.87. The summed E-state index contributed by atoms with van der Waals surface area (Å²) in [6.07, 6.45) is 0. The Morgan fingerprint density at radius 3 is 1.88 bits per heavy atom. The Labute approximate surface area is 231 Å². The summed E-state index contributed by atoms with van der Waals surface area (Å²) in [7, 11) is 0. The lowest BCUT2D eigenvalue weighted by Crippen LogP contribution is -2.39. The van der Waals surface area contributed by atoms with Crippen LogP contribution >= 0.6 is 0 Å². The van der Waals surface area contributed by atoms with E-state index < -0.39 is 5.41 Å². The molecule has 6 aromatic carbocycles. The molecular weight excluding hydrogens is 488 g/mol. The summed E-state index contributed by atoms with van der Waals surface area (Å²) in [4.78, 5) is 6.02. The van der Waals surface area contributed by atoms with Gasteiger partial charge in [-0.25, -0.2) is 0 Å². The van der Waals surface area contributed by atoms with Gasteiger partial charge in [0.25, 0.3) is 0 Å². The number of fused-ring (bicyclic) bond motifs is 11. The van der Waals surface area contributed by atoms with Crippen LogP contribution in [0, 0.1) is 0 Å². The molecule has 0 amide bonds. The van der Waals surface area contributed by atoms with E-state index in [4.69, 9.17) is 4.74 Å². The molecule has 3 nitrogen and oxygen atoms in total. The first kappa shape index (κ1) is 21.6. The van der Waals surface area contributed by atoms with Gasteiger partial charge in [-0.05, 0) is 53.6 Å². The van der Waals surface area contributed by atoms with Crippen molar-refractivity contribution in [1.82, 2.24) is 4.98 Å². The van der Waals surface area contributed by atoms with Crippen molar-refractivity contribution in [2.75, 3.05) is 4.90 Å². The number of nitrogens with zero attached hydrogens (tertiary/aromatic N) is 1. The monoisotopic (exact) mass is 512 g/mol. The van der Waals surface area contributed by atoms with Gasteiger partial charge >= 0.3 is 0 Å². The van der Waals surface area contributed by atoms with Crippen molar-refractivity contribution in [2.24, 2.45) is 0 Å². The van der Waals surface area contributed by atoms with Crippen LogP contribution < -0.4 is 9.64 Å². The van der Waals surface area contributed by atoms with Gasteiger partial charge in [-0.2, -0.15) is 0 Å². The number of nitrogens with one attached hydrogen (secondary N) is 1. The SMILES string of the molecule is c1ccc(N2c3ccccc3C3(c4ccccc4Oc4cc5[nH]c6ccccc6c5cc43)c3ccccc32)cc1. The molecule has 1 N–H and O–H groups in total. The molecule has 188 valence electrons. The van der Waals surface area contributed by atoms with Crippen molar-refractivity contribution in [3.63, 3.8) is 0 Å². The third-order valence-corrected chi connectivity index (χ3v) is 8.63. The Bertz CT molecular complexity index is 2060. The lowest BCUT2D eigenvalue weighted by Gasteiger charge is -2.48. The highest BCUT2D eigenvalue weighted by Gasteiger charge is 2.51. The van der Waals surface area contributed by atoms with Gasteiger partial charge in [0, 0.05) is 39.2 Å². The van der Waals surface area contributed by atoms with Crippen molar-refractivity contribution in [3.05, 3.63) is 162 Å². The maximum absolute atomic E-state index is 6.72. The Balaban J connectivity index is 1.47. The van der Waals surface area contributed by atoms with E-state index in [1.807, 2.05) is 0 Å². The number of H-pyrrole nitrogens is 1. The van der Waals surface area contributed by atoms with E-state index >= 15 is 0 Å². The van der Waals surface area contributed by atoms with Gasteiger partial charge in [0.05, 0.1) is 22.3 Å². The molecule has 2 aliphatic heterocycles. The first-order chi connectivity index (χ1) is 19.8. The number of aromatic amines is 1. The number of anilines is 3. The maximum atomic E-state index is 6.72. The van der Waals surface area contributed by atoms with E-state index in [2.05, 4.69) is 149 Å². The molecule has 0 bridgehead atoms. The number of benzene rings is 6. The number of rotatable bonds is 1. The lowest BCUT2D eigenvalue weighted by atomic mass is 9.61. The second-order valence-corrected chi connectivity index (χ2v) is 10.6. The molecule has 0 fully saturated rings. The smallest absolute Gasteiger partial charge is 0.134 e. The fourth-order valence-corrected chi connectivity index (χ4v) is 7.07. The Morgan fingerprint density at radius 1 is 0.475 bits per heavy atom. The molecule has 1 aromatic heterocycles. The average Bonchev–Trinajstić information content (AvgIpc) is 3.38. The minimum atomic E-state index is -0.560. The predicted octanol–water partition coefficient (Wildman–Crippen LogP) is 9.59. The van der Waals surface area contributed by atoms with E-state index in [9.17, 15) is 0 Å². The van der Waals surface area contributed by atoms with E-state index in [-0.39, 0.29) is 0 Å². The molecule has 0 aliphatic carbocycles. The quantitative estimate of drug-likeness (QED) is 0.237. The minimum Gasteiger partial charge on any atom is -0.457 e. The van der Waals surface area contributed by atoms with Crippen molar-refractivity contribution in [3.8, 4) is 11.5 Å². The molecule has 7 aromatic rings. The Hall–Kier alpha value is -5.28. The molecule has 40 heavy (non-hydrogen) atoms. The number of aromatic nitrogens is 1. The van der Waals surface area contributed by atoms with Crippen LogP contribution in [0.4, 0.5) is 17.1 Å². The van der Waals surface area contributed by atoms with Gasteiger partial charge in [0.2, 0.25) is 0 Å². The van der Waals surface area contributed by atoms with Gasteiger partial charge in [-0.3, -0.25) is 0 Å². The van der Waals surface area contributed by atoms with Gasteiger partial charge in [-0.15, -0.1) is 0 Å². The molecule has 0 radical (unpaired) electrons. The molecule has 9 rings (SSSR count). The highest BCUT2D eigenvalue weighted by molar-refractivity contribution is 6.08. The normalized spacial score (nSPS) is 14.3. The fraction of sp³-hybridized carbons (Fsp3) is 0.0270. The van der Waals surface area contributed by atoms with Gasteiger partial charge in [0.15, 0.2) is 0 Å². The zero-order valence-corrected chi connectivity index (χ0v) is 21.6. The van der Waals surface area contributed by atoms with Crippen LogP contribution in [-0.2, 0) is 5.41 Å². The molecule has 3 heteroatoms. The molecule has 0 unspecified atom stereocenters. The fourth-order valence-electron chi connectivity index (χ4n) is 7.07. The first-order valence-electron chi connectivity index (χ1n) is 13.7. The van der Waals surface area contributed by atoms with Gasteiger partial charge in [0.1, 0.15) is 11.5 Å². The van der Waals surface area contributed by atoms with Crippen LogP contribution in [0.5, 0.6) is 11.5 Å². The molecule has 2 aliphatic rings. The van der Waals surface area contributed by atoms with Crippen LogP contribution in [0.15, 0.2) is 140 Å². The van der Waals surface area contributed by atoms with Crippen LogP contribution in [-0.4, -0.2) is 4.98 Å². The number of ether oxygens (including phenoxy) is 1. The highest BCUT2D eigenvalue weighted by Crippen LogP contribution is 2.63. The maximum Gasteiger partial charge on any atom is 0.134 e. The lowest BCUT2D eigenvalue weighted by molar-refractivity contribution is 0.435. The predicted molar refractivity (Wildman–Crippen MR) is 162 cm³/mol. The average molecular weight is 513 g/mol. The zero-order valence-electron chi connectivity index (χ0n) is 21.6. The molecular formula is C37H24N2O. The summed E-state index contributed by atoms with van der Waals surface area (Å²) >= 11 is 0. The summed E-state index contributed by atoms with van der Waals surface area (Å²) in [6, 6.07) is 50.0. The molecule has 0 saturated heterocycles. The van der Waals surface area contributed by atoms with E-state index in [1.165, 1.54) is 33.3 Å². The van der Waals surface area contributed by atoms with Crippen LogP contribution in [0.3, 0.4) is 0 Å². The summed E-state index contributed by atoms with van der Waals surface area (Å²) in [6.45, 7) is 0. The summed E-state index contributed by atoms with van der Waals surface area (Å²) in [5.74, 6) is 1.78. The van der Waals surface area contributed by atoms with E-state index in [0.717, 1.165) is 39.3 Å². The van der Waals surface area contributed by atoms with Crippen LogP contribution in [0.25, 0.3) is 21.8 Å². The standard InChI is InChI=1S/C37H24N2O/c1-2-12-24(13-3-1)39-33-19-9-5-15-27(33)37(28-16-6-10-20-34(28)39)29-17-7-11-21-35(29)40-36-23-32-26(22-30(36)37)25-14-4-8-18-31(25)38-32/h1-23,38H. The van der Waals surface area contributed by atoms with Crippen molar-refractivity contribution < 1.29 is 4.74 Å². The number of hydrogen-bond acceptors (Lipinski definition) is 2. The van der Waals surface area contributed by atoms with Crippen molar-refractivity contribution >= 4 is 38.9 Å². The Kier molecular flexibility index (Phi) is 4.26. The Morgan fingerprint density at radius 2 is 1.10 bits per heavy atom. The van der Waals surface area contributed by atoms with Crippen molar-refractivity contribution in [2.45, 2.75) is 5.41 Å². The van der Waals surface area contributed by atoms with Crippen molar-refractivity contribution in [1.29, 1.82) is 0 Å². The van der Waals surface area contributed by atoms with Crippen LogP contribution in [0.2, 0.25) is 0 Å². The largest absolute Gasteiger partial charge is 0.457 e. The summed E-state index contributed by atoms with van der Waals surface area (Å²) in [5, 5.41) is 2.43. The van der Waals surface area contributed by atoms with Gasteiger partial charge < -0.3 is 14.6 Å². The van der Waals surface area contributed by atoms with Gasteiger partial charge in [-0.1, -0.05) is 91.0 Å². The van der Waals surface area contributed by atoms with Crippen LogP contribution in [0.1, 0.15) is 22.3 Å². The highest BCUT2D eigenvalue weighted by atomic mass is 16.5. The summed E-state index contributed by atoms with van der Waals surface area (Å²) in [5.41, 5.74) is 9.96. The number of hydrogen-bond donors (Lipinski definition) is 1. The third kappa shape index (κ3) is 2.69. The zero-order chi connectivity index (χ0) is 26.3. The third-order valence-electron chi connectivity index (χ3n) is 8.63.